The molecular weight excluding hydrogens is 365 g/mol. The molecule has 0 amide bonds. The normalized spacial score (nSPS) is 12.2. The maximum Gasteiger partial charge on any atom is 0.201 e. The molecule has 1 aromatic heterocycles. The molecule has 154 valence electrons. The zero-order valence-electron chi connectivity index (χ0n) is 16.7. The van der Waals surface area contributed by atoms with E-state index in [1.54, 1.807) is 19.3 Å². The van der Waals surface area contributed by atoms with E-state index in [9.17, 15) is 13.2 Å². The van der Waals surface area contributed by atoms with Gasteiger partial charge >= 0.3 is 0 Å². The van der Waals surface area contributed by atoms with Gasteiger partial charge in [-0.15, -0.1) is 0 Å². The third-order valence-electron chi connectivity index (χ3n) is 4.67. The largest absolute Gasteiger partial charge is 0.487 e. The molecule has 6 heteroatoms. The molecule has 0 spiro atoms. The maximum atomic E-state index is 14.4. The van der Waals surface area contributed by atoms with Gasteiger partial charge in [-0.05, 0) is 37.0 Å². The quantitative estimate of drug-likeness (QED) is 0.388. The molecule has 0 saturated carbocycles. The Bertz CT molecular complexity index is 722. The van der Waals surface area contributed by atoms with Crippen LogP contribution in [0.15, 0.2) is 24.5 Å². The maximum absolute atomic E-state index is 14.4. The molecule has 1 aromatic carbocycles. The molecule has 2 rings (SSSR count). The highest BCUT2D eigenvalue weighted by Crippen LogP contribution is 2.28. The molecule has 0 aliphatic carbocycles. The lowest BCUT2D eigenvalue weighted by Crippen LogP contribution is -2.12. The van der Waals surface area contributed by atoms with E-state index in [2.05, 4.69) is 16.9 Å². The highest BCUT2D eigenvalue weighted by molar-refractivity contribution is 5.57. The molecule has 0 N–H and O–H groups in total. The van der Waals surface area contributed by atoms with Gasteiger partial charge in [-0.2, -0.15) is 4.39 Å². The smallest absolute Gasteiger partial charge is 0.201 e. The molecular formula is C22H29F3N2O. The van der Waals surface area contributed by atoms with E-state index >= 15 is 0 Å². The van der Waals surface area contributed by atoms with Crippen LogP contribution in [0.4, 0.5) is 13.2 Å². The zero-order chi connectivity index (χ0) is 20.4. The predicted octanol–water partition coefficient (Wildman–Crippen LogP) is 6.45. The summed E-state index contributed by atoms with van der Waals surface area (Å²) in [7, 11) is 0. The van der Waals surface area contributed by atoms with E-state index in [-0.39, 0.29) is 30.2 Å². The second-order valence-corrected chi connectivity index (χ2v) is 6.99. The summed E-state index contributed by atoms with van der Waals surface area (Å²) >= 11 is 0. The second-order valence-electron chi connectivity index (χ2n) is 6.99. The number of ether oxygens (including phenoxy) is 1. The molecule has 0 saturated heterocycles. The second kappa shape index (κ2) is 11.7. The highest BCUT2D eigenvalue weighted by atomic mass is 19.2. The number of nitrogens with zero attached hydrogens (tertiary/aromatic N) is 2. The number of alkyl halides is 1. The molecule has 1 atom stereocenters. The Morgan fingerprint density at radius 3 is 2.29 bits per heavy atom. The topological polar surface area (TPSA) is 35.0 Å². The number of aryl methyl sites for hydroxylation is 1. The Balaban J connectivity index is 1.96. The van der Waals surface area contributed by atoms with Crippen molar-refractivity contribution in [3.05, 3.63) is 41.7 Å². The lowest BCUT2D eigenvalue weighted by atomic mass is 10.1. The Kier molecular flexibility index (Phi) is 9.24. The molecule has 0 bridgehead atoms. The van der Waals surface area contributed by atoms with Gasteiger partial charge in [0, 0.05) is 12.4 Å². The summed E-state index contributed by atoms with van der Waals surface area (Å²) in [5.74, 6) is -2.43. The monoisotopic (exact) mass is 394 g/mol. The molecule has 0 fully saturated rings. The number of unbranched alkanes of at least 4 members (excludes halogenated alkanes) is 5. The van der Waals surface area contributed by atoms with Gasteiger partial charge in [0.15, 0.2) is 17.4 Å². The standard InChI is InChI=1S/C22H29F3N2O/c1-3-5-6-7-8-9-10-16-13-26-22(27-14-16)18-11-12-19(21(25)20(18)24)28-15-17(23)4-2/h11-14,17H,3-10,15H2,1-2H3. The third-order valence-corrected chi connectivity index (χ3v) is 4.67. The average Bonchev–Trinajstić information content (AvgIpc) is 2.72. The number of halogens is 3. The van der Waals surface area contributed by atoms with Gasteiger partial charge in [0.2, 0.25) is 5.82 Å². The molecule has 0 aliphatic rings. The lowest BCUT2D eigenvalue weighted by molar-refractivity contribution is 0.185. The highest BCUT2D eigenvalue weighted by Gasteiger charge is 2.18. The van der Waals surface area contributed by atoms with Crippen molar-refractivity contribution in [3.63, 3.8) is 0 Å². The number of rotatable bonds is 12. The van der Waals surface area contributed by atoms with Gasteiger partial charge < -0.3 is 4.74 Å². The van der Waals surface area contributed by atoms with Gasteiger partial charge in [-0.25, -0.2) is 18.7 Å². The van der Waals surface area contributed by atoms with E-state index in [1.165, 1.54) is 44.2 Å². The minimum Gasteiger partial charge on any atom is -0.487 e. The summed E-state index contributed by atoms with van der Waals surface area (Å²) in [6.45, 7) is 3.54. The summed E-state index contributed by atoms with van der Waals surface area (Å²) in [6, 6.07) is 2.64. The molecule has 1 heterocycles. The first-order valence-electron chi connectivity index (χ1n) is 10.1. The first kappa shape index (κ1) is 22.2. The van der Waals surface area contributed by atoms with Gasteiger partial charge in [0.25, 0.3) is 0 Å². The van der Waals surface area contributed by atoms with Crippen LogP contribution in [0.5, 0.6) is 5.75 Å². The summed E-state index contributed by atoms with van der Waals surface area (Å²) in [6.07, 6.45) is 10.5. The van der Waals surface area contributed by atoms with Gasteiger partial charge in [0.1, 0.15) is 12.8 Å². The fourth-order valence-corrected chi connectivity index (χ4v) is 2.85. The molecule has 0 aliphatic heterocycles. The van der Waals surface area contributed by atoms with Crippen molar-refractivity contribution in [2.24, 2.45) is 0 Å². The van der Waals surface area contributed by atoms with Crippen molar-refractivity contribution in [3.8, 4) is 17.1 Å². The van der Waals surface area contributed by atoms with Crippen LogP contribution < -0.4 is 4.74 Å². The van der Waals surface area contributed by atoms with Crippen LogP contribution in [-0.2, 0) is 6.42 Å². The summed E-state index contributed by atoms with van der Waals surface area (Å²) < 4.78 is 46.8. The van der Waals surface area contributed by atoms with Crippen molar-refractivity contribution in [1.29, 1.82) is 0 Å². The van der Waals surface area contributed by atoms with Crippen LogP contribution in [-0.4, -0.2) is 22.7 Å². The van der Waals surface area contributed by atoms with E-state index in [0.29, 0.717) is 0 Å². The fourth-order valence-electron chi connectivity index (χ4n) is 2.85. The van der Waals surface area contributed by atoms with Gasteiger partial charge in [-0.1, -0.05) is 46.0 Å². The van der Waals surface area contributed by atoms with Crippen molar-refractivity contribution >= 4 is 0 Å². The molecule has 28 heavy (non-hydrogen) atoms. The van der Waals surface area contributed by atoms with Crippen LogP contribution in [0.3, 0.4) is 0 Å². The van der Waals surface area contributed by atoms with Crippen molar-refractivity contribution in [2.75, 3.05) is 6.61 Å². The summed E-state index contributed by atoms with van der Waals surface area (Å²) in [4.78, 5) is 8.36. The minimum atomic E-state index is -1.22. The van der Waals surface area contributed by atoms with Gasteiger partial charge in [-0.3, -0.25) is 0 Å². The van der Waals surface area contributed by atoms with Crippen molar-refractivity contribution < 1.29 is 17.9 Å². The van der Waals surface area contributed by atoms with Crippen LogP contribution in [0.25, 0.3) is 11.4 Å². The molecule has 2 aromatic rings. The Morgan fingerprint density at radius 2 is 1.61 bits per heavy atom. The fraction of sp³-hybridized carbons (Fsp3) is 0.545. The average molecular weight is 394 g/mol. The van der Waals surface area contributed by atoms with Crippen LogP contribution in [0.1, 0.15) is 64.4 Å². The lowest BCUT2D eigenvalue weighted by Gasteiger charge is -2.11. The van der Waals surface area contributed by atoms with E-state index in [4.69, 9.17) is 4.74 Å². The van der Waals surface area contributed by atoms with Gasteiger partial charge in [0.05, 0.1) is 5.56 Å². The van der Waals surface area contributed by atoms with Crippen LogP contribution in [0, 0.1) is 11.6 Å². The Hall–Kier alpha value is -2.11. The number of hydrogen-bond acceptors (Lipinski definition) is 3. The van der Waals surface area contributed by atoms with Crippen molar-refractivity contribution in [1.82, 2.24) is 9.97 Å². The molecule has 0 radical (unpaired) electrons. The van der Waals surface area contributed by atoms with Crippen LogP contribution in [0.2, 0.25) is 0 Å². The number of benzene rings is 1. The third kappa shape index (κ3) is 6.50. The van der Waals surface area contributed by atoms with E-state index in [0.717, 1.165) is 18.4 Å². The summed E-state index contributed by atoms with van der Waals surface area (Å²) in [5, 5.41) is 0. The Morgan fingerprint density at radius 1 is 0.929 bits per heavy atom. The van der Waals surface area contributed by atoms with E-state index < -0.39 is 17.8 Å². The predicted molar refractivity (Wildman–Crippen MR) is 105 cm³/mol. The number of hydrogen-bond donors (Lipinski definition) is 0. The van der Waals surface area contributed by atoms with Crippen molar-refractivity contribution in [2.45, 2.75) is 71.4 Å². The molecule has 3 nitrogen and oxygen atoms in total. The SMILES string of the molecule is CCCCCCCCc1cnc(-c2ccc(OCC(F)CC)c(F)c2F)nc1. The zero-order valence-corrected chi connectivity index (χ0v) is 16.7. The summed E-state index contributed by atoms with van der Waals surface area (Å²) in [5.41, 5.74) is 0.942. The first-order chi connectivity index (χ1) is 13.6. The molecule has 1 unspecified atom stereocenters. The first-order valence-corrected chi connectivity index (χ1v) is 10.1. The Labute approximate surface area is 165 Å². The minimum absolute atomic E-state index is 0.0387. The van der Waals surface area contributed by atoms with Crippen LogP contribution >= 0.6 is 0 Å². The van der Waals surface area contributed by atoms with E-state index in [1.807, 2.05) is 0 Å². The number of aromatic nitrogens is 2.